The third kappa shape index (κ3) is 3.23. The van der Waals surface area contributed by atoms with Crippen LogP contribution in [0.5, 0.6) is 11.5 Å². The molecule has 0 aliphatic carbocycles. The van der Waals surface area contributed by atoms with Gasteiger partial charge < -0.3 is 9.84 Å². The van der Waals surface area contributed by atoms with Crippen molar-refractivity contribution in [3.63, 3.8) is 0 Å². The molecule has 0 unspecified atom stereocenters. The van der Waals surface area contributed by atoms with E-state index in [1.807, 2.05) is 0 Å². The number of phenols is 1. The highest BCUT2D eigenvalue weighted by molar-refractivity contribution is 5.84. The van der Waals surface area contributed by atoms with Gasteiger partial charge in [-0.25, -0.2) is 8.78 Å². The van der Waals surface area contributed by atoms with Gasteiger partial charge in [-0.3, -0.25) is 5.43 Å². The Morgan fingerprint density at radius 3 is 2.70 bits per heavy atom. The maximum atomic E-state index is 13.3. The van der Waals surface area contributed by atoms with Crippen molar-refractivity contribution in [2.45, 2.75) is 0 Å². The third-order valence-corrected chi connectivity index (χ3v) is 2.55. The molecule has 20 heavy (non-hydrogen) atoms. The van der Waals surface area contributed by atoms with Crippen LogP contribution >= 0.6 is 0 Å². The first-order valence-corrected chi connectivity index (χ1v) is 5.71. The summed E-state index contributed by atoms with van der Waals surface area (Å²) in [7, 11) is 1.50. The van der Waals surface area contributed by atoms with Gasteiger partial charge in [-0.2, -0.15) is 5.10 Å². The van der Waals surface area contributed by atoms with E-state index in [4.69, 9.17) is 4.74 Å². The normalized spacial score (nSPS) is 10.8. The number of aromatic hydroxyl groups is 1. The lowest BCUT2D eigenvalue weighted by Gasteiger charge is -2.04. The average Bonchev–Trinajstić information content (AvgIpc) is 2.43. The predicted octanol–water partition coefficient (Wildman–Crippen LogP) is 3.13. The van der Waals surface area contributed by atoms with Crippen LogP contribution in [0.2, 0.25) is 0 Å². The van der Waals surface area contributed by atoms with Crippen LogP contribution in [0, 0.1) is 11.6 Å². The second-order valence-electron chi connectivity index (χ2n) is 3.92. The molecular weight excluding hydrogens is 266 g/mol. The third-order valence-electron chi connectivity index (χ3n) is 2.55. The summed E-state index contributed by atoms with van der Waals surface area (Å²) in [5.41, 5.74) is 2.86. The van der Waals surface area contributed by atoms with E-state index in [2.05, 4.69) is 10.5 Å². The second-order valence-corrected chi connectivity index (χ2v) is 3.92. The van der Waals surface area contributed by atoms with Gasteiger partial charge in [0, 0.05) is 11.6 Å². The first-order valence-electron chi connectivity index (χ1n) is 5.71. The maximum Gasteiger partial charge on any atom is 0.151 e. The number of rotatable bonds is 4. The van der Waals surface area contributed by atoms with E-state index in [1.165, 1.54) is 25.5 Å². The van der Waals surface area contributed by atoms with Gasteiger partial charge >= 0.3 is 0 Å². The van der Waals surface area contributed by atoms with E-state index >= 15 is 0 Å². The van der Waals surface area contributed by atoms with Gasteiger partial charge in [0.15, 0.2) is 5.82 Å². The van der Waals surface area contributed by atoms with Gasteiger partial charge in [0.25, 0.3) is 0 Å². The van der Waals surface area contributed by atoms with Gasteiger partial charge in [0.1, 0.15) is 17.3 Å². The van der Waals surface area contributed by atoms with Crippen molar-refractivity contribution < 1.29 is 18.6 Å². The standard InChI is InChI=1S/C14H12F2N2O2/c1-20-11-3-5-14(19)9(6-11)8-17-18-13-4-2-10(15)7-12(13)16/h2-8,18-19H,1H3/b17-8+. The Kier molecular flexibility index (Phi) is 4.14. The Morgan fingerprint density at radius 1 is 1.20 bits per heavy atom. The zero-order chi connectivity index (χ0) is 14.5. The van der Waals surface area contributed by atoms with Crippen molar-refractivity contribution in [2.75, 3.05) is 12.5 Å². The smallest absolute Gasteiger partial charge is 0.151 e. The number of hydrogen-bond acceptors (Lipinski definition) is 4. The van der Waals surface area contributed by atoms with Crippen molar-refractivity contribution >= 4 is 11.9 Å². The molecule has 0 aromatic heterocycles. The summed E-state index contributed by atoms with van der Waals surface area (Å²) in [5, 5.41) is 13.4. The summed E-state index contributed by atoms with van der Waals surface area (Å²) in [5.74, 6) is -0.854. The Bertz CT molecular complexity index is 645. The molecule has 0 radical (unpaired) electrons. The lowest BCUT2D eigenvalue weighted by Crippen LogP contribution is -1.95. The molecule has 0 heterocycles. The molecule has 2 aromatic rings. The predicted molar refractivity (Wildman–Crippen MR) is 72.2 cm³/mol. The fourth-order valence-electron chi connectivity index (χ4n) is 1.51. The van der Waals surface area contributed by atoms with E-state index < -0.39 is 11.6 Å². The Morgan fingerprint density at radius 2 is 2.00 bits per heavy atom. The number of halogens is 2. The van der Waals surface area contributed by atoms with Gasteiger partial charge in [0.2, 0.25) is 0 Å². The molecule has 0 bridgehead atoms. The molecule has 2 N–H and O–H groups in total. The number of nitrogens with zero attached hydrogens (tertiary/aromatic N) is 1. The molecule has 0 aliphatic heterocycles. The van der Waals surface area contributed by atoms with E-state index in [0.29, 0.717) is 11.3 Å². The van der Waals surface area contributed by atoms with E-state index in [1.54, 1.807) is 12.1 Å². The van der Waals surface area contributed by atoms with Crippen LogP contribution in [0.1, 0.15) is 5.56 Å². The second kappa shape index (κ2) is 6.01. The topological polar surface area (TPSA) is 53.9 Å². The van der Waals surface area contributed by atoms with Gasteiger partial charge in [0.05, 0.1) is 19.0 Å². The Balaban J connectivity index is 2.13. The molecule has 0 aliphatic rings. The lowest BCUT2D eigenvalue weighted by molar-refractivity contribution is 0.412. The number of nitrogens with one attached hydrogen (secondary N) is 1. The average molecular weight is 278 g/mol. The minimum Gasteiger partial charge on any atom is -0.507 e. The Hall–Kier alpha value is -2.63. The van der Waals surface area contributed by atoms with Crippen LogP contribution in [0.3, 0.4) is 0 Å². The van der Waals surface area contributed by atoms with Crippen LogP contribution in [-0.4, -0.2) is 18.4 Å². The molecule has 6 heteroatoms. The highest BCUT2D eigenvalue weighted by Crippen LogP contribution is 2.21. The monoisotopic (exact) mass is 278 g/mol. The fraction of sp³-hybridized carbons (Fsp3) is 0.0714. The molecular formula is C14H12F2N2O2. The highest BCUT2D eigenvalue weighted by Gasteiger charge is 2.03. The summed E-state index contributed by atoms with van der Waals surface area (Å²) in [6.07, 6.45) is 1.31. The lowest BCUT2D eigenvalue weighted by atomic mass is 10.2. The minimum atomic E-state index is -0.753. The van der Waals surface area contributed by atoms with E-state index in [-0.39, 0.29) is 11.4 Å². The number of hydrazone groups is 1. The van der Waals surface area contributed by atoms with Crippen LogP contribution < -0.4 is 10.2 Å². The molecule has 2 aromatic carbocycles. The number of hydrogen-bond donors (Lipinski definition) is 2. The van der Waals surface area contributed by atoms with Crippen LogP contribution in [0.25, 0.3) is 0 Å². The summed E-state index contributed by atoms with van der Waals surface area (Å²) in [6, 6.07) is 7.72. The molecule has 0 fully saturated rings. The fourth-order valence-corrected chi connectivity index (χ4v) is 1.51. The molecule has 0 spiro atoms. The summed E-state index contributed by atoms with van der Waals surface area (Å²) >= 11 is 0. The molecule has 0 amide bonds. The number of benzene rings is 2. The van der Waals surface area contributed by atoms with Gasteiger partial charge in [-0.1, -0.05) is 0 Å². The largest absolute Gasteiger partial charge is 0.507 e. The van der Waals surface area contributed by atoms with Gasteiger partial charge in [-0.15, -0.1) is 0 Å². The van der Waals surface area contributed by atoms with Crippen molar-refractivity contribution in [3.8, 4) is 11.5 Å². The first kappa shape index (κ1) is 13.8. The molecule has 4 nitrogen and oxygen atoms in total. The summed E-state index contributed by atoms with van der Waals surface area (Å²) in [6.45, 7) is 0. The summed E-state index contributed by atoms with van der Waals surface area (Å²) in [4.78, 5) is 0. The summed E-state index contributed by atoms with van der Waals surface area (Å²) < 4.78 is 31.1. The van der Waals surface area contributed by atoms with Crippen LogP contribution in [0.4, 0.5) is 14.5 Å². The SMILES string of the molecule is COc1ccc(O)c(/C=N/Nc2ccc(F)cc2F)c1. The van der Waals surface area contributed by atoms with E-state index in [9.17, 15) is 13.9 Å². The molecule has 2 rings (SSSR count). The molecule has 0 saturated heterocycles. The van der Waals surface area contributed by atoms with Crippen LogP contribution in [-0.2, 0) is 0 Å². The number of methoxy groups -OCH3 is 1. The first-order chi connectivity index (χ1) is 9.60. The van der Waals surface area contributed by atoms with Crippen LogP contribution in [0.15, 0.2) is 41.5 Å². The number of phenolic OH excluding ortho intramolecular Hbond substituents is 1. The molecule has 104 valence electrons. The Labute approximate surface area is 114 Å². The zero-order valence-electron chi connectivity index (χ0n) is 10.6. The maximum absolute atomic E-state index is 13.3. The minimum absolute atomic E-state index is 0.0101. The quantitative estimate of drug-likeness (QED) is 0.667. The van der Waals surface area contributed by atoms with Gasteiger partial charge in [-0.05, 0) is 30.3 Å². The van der Waals surface area contributed by atoms with Crippen molar-refractivity contribution in [2.24, 2.45) is 5.10 Å². The van der Waals surface area contributed by atoms with Crippen molar-refractivity contribution in [1.29, 1.82) is 0 Å². The molecule has 0 saturated carbocycles. The van der Waals surface area contributed by atoms with Crippen molar-refractivity contribution in [1.82, 2.24) is 0 Å². The zero-order valence-corrected chi connectivity index (χ0v) is 10.6. The molecule has 0 atom stereocenters. The van der Waals surface area contributed by atoms with Crippen molar-refractivity contribution in [3.05, 3.63) is 53.6 Å². The highest BCUT2D eigenvalue weighted by atomic mass is 19.1. The number of ether oxygens (including phenoxy) is 1. The number of anilines is 1. The van der Waals surface area contributed by atoms with E-state index in [0.717, 1.165) is 12.1 Å².